The number of ether oxygens (including phenoxy) is 1. The quantitative estimate of drug-likeness (QED) is 0.648. The standard InChI is InChI=1S/C7H10N2O3/c1-4(2)12-6-3-5(10)8-7(11)9-6/h3-4H,1-2H3,(H2,8,9,10,11). The van der Waals surface area contributed by atoms with Gasteiger partial charge < -0.3 is 4.74 Å². The third kappa shape index (κ3) is 2.26. The van der Waals surface area contributed by atoms with Gasteiger partial charge in [-0.25, -0.2) is 4.79 Å². The van der Waals surface area contributed by atoms with E-state index in [9.17, 15) is 9.59 Å². The molecule has 0 aliphatic heterocycles. The van der Waals surface area contributed by atoms with Crippen LogP contribution in [0, 0.1) is 0 Å². The van der Waals surface area contributed by atoms with Crippen molar-refractivity contribution >= 4 is 0 Å². The van der Waals surface area contributed by atoms with E-state index in [4.69, 9.17) is 4.74 Å². The highest BCUT2D eigenvalue weighted by atomic mass is 16.5. The topological polar surface area (TPSA) is 75.0 Å². The minimum atomic E-state index is -0.557. The van der Waals surface area contributed by atoms with Crippen LogP contribution in [0.15, 0.2) is 15.7 Å². The van der Waals surface area contributed by atoms with Gasteiger partial charge in [-0.2, -0.15) is 0 Å². The number of rotatable bonds is 2. The monoisotopic (exact) mass is 170 g/mol. The van der Waals surface area contributed by atoms with Gasteiger partial charge in [0.2, 0.25) is 5.88 Å². The molecule has 0 fully saturated rings. The summed E-state index contributed by atoms with van der Waals surface area (Å²) >= 11 is 0. The molecule has 0 saturated heterocycles. The summed E-state index contributed by atoms with van der Waals surface area (Å²) in [6.45, 7) is 3.61. The Kier molecular flexibility index (Phi) is 2.32. The number of hydrogen-bond acceptors (Lipinski definition) is 3. The number of aromatic amines is 2. The summed E-state index contributed by atoms with van der Waals surface area (Å²) in [5.74, 6) is 0.193. The van der Waals surface area contributed by atoms with E-state index in [1.165, 1.54) is 6.07 Å². The minimum Gasteiger partial charge on any atom is -0.476 e. The molecule has 2 N–H and O–H groups in total. The van der Waals surface area contributed by atoms with E-state index in [2.05, 4.69) is 4.98 Å². The van der Waals surface area contributed by atoms with Gasteiger partial charge in [0.15, 0.2) is 0 Å². The maximum atomic E-state index is 10.7. The summed E-state index contributed by atoms with van der Waals surface area (Å²) in [6.07, 6.45) is -0.0672. The highest BCUT2D eigenvalue weighted by Gasteiger charge is 1.98. The molecule has 1 aromatic heterocycles. The van der Waals surface area contributed by atoms with Crippen molar-refractivity contribution in [2.24, 2.45) is 0 Å². The second kappa shape index (κ2) is 3.25. The molecule has 0 aromatic carbocycles. The zero-order chi connectivity index (χ0) is 9.14. The van der Waals surface area contributed by atoms with Gasteiger partial charge in [-0.15, -0.1) is 0 Å². The summed E-state index contributed by atoms with van der Waals surface area (Å²) < 4.78 is 5.10. The van der Waals surface area contributed by atoms with E-state index in [0.717, 1.165) is 0 Å². The van der Waals surface area contributed by atoms with Gasteiger partial charge in [0, 0.05) is 0 Å². The molecular weight excluding hydrogens is 160 g/mol. The highest BCUT2D eigenvalue weighted by molar-refractivity contribution is 5.05. The maximum absolute atomic E-state index is 10.7. The van der Waals surface area contributed by atoms with Gasteiger partial charge in [0.25, 0.3) is 5.56 Å². The fourth-order valence-corrected chi connectivity index (χ4v) is 0.764. The second-order valence-electron chi connectivity index (χ2n) is 2.62. The van der Waals surface area contributed by atoms with Crippen molar-refractivity contribution in [3.05, 3.63) is 26.9 Å². The van der Waals surface area contributed by atoms with E-state index < -0.39 is 11.2 Å². The molecule has 12 heavy (non-hydrogen) atoms. The summed E-state index contributed by atoms with van der Waals surface area (Å²) in [4.78, 5) is 25.8. The number of nitrogens with one attached hydrogen (secondary N) is 2. The van der Waals surface area contributed by atoms with Crippen molar-refractivity contribution < 1.29 is 4.74 Å². The van der Waals surface area contributed by atoms with E-state index in [1.54, 1.807) is 13.8 Å². The van der Waals surface area contributed by atoms with E-state index >= 15 is 0 Å². The lowest BCUT2D eigenvalue weighted by Crippen LogP contribution is -2.23. The molecular formula is C7H10N2O3. The molecule has 0 radical (unpaired) electrons. The molecule has 0 saturated carbocycles. The van der Waals surface area contributed by atoms with E-state index in [1.807, 2.05) is 4.98 Å². The maximum Gasteiger partial charge on any atom is 0.328 e. The Morgan fingerprint density at radius 3 is 2.50 bits per heavy atom. The van der Waals surface area contributed by atoms with E-state index in [0.29, 0.717) is 0 Å². The van der Waals surface area contributed by atoms with Crippen molar-refractivity contribution in [3.63, 3.8) is 0 Å². The number of hydrogen-bond donors (Lipinski definition) is 2. The van der Waals surface area contributed by atoms with Crippen LogP contribution in [0.5, 0.6) is 5.88 Å². The predicted molar refractivity (Wildman–Crippen MR) is 43.4 cm³/mol. The zero-order valence-corrected chi connectivity index (χ0v) is 6.88. The van der Waals surface area contributed by atoms with Gasteiger partial charge in [-0.05, 0) is 13.8 Å². The average Bonchev–Trinajstić information content (AvgIpc) is 1.81. The van der Waals surface area contributed by atoms with Crippen molar-refractivity contribution in [1.29, 1.82) is 0 Å². The Morgan fingerprint density at radius 1 is 1.33 bits per heavy atom. The Bertz CT molecular complexity index is 335. The SMILES string of the molecule is CC(C)Oc1cc(=O)[nH]c(=O)[nH]1. The van der Waals surface area contributed by atoms with Gasteiger partial charge in [0.05, 0.1) is 12.2 Å². The summed E-state index contributed by atoms with van der Waals surface area (Å²) in [6, 6.07) is 1.20. The third-order valence-electron chi connectivity index (χ3n) is 1.10. The van der Waals surface area contributed by atoms with Crippen LogP contribution in [0.2, 0.25) is 0 Å². The molecule has 0 spiro atoms. The van der Waals surface area contributed by atoms with Crippen LogP contribution in [0.3, 0.4) is 0 Å². The Morgan fingerprint density at radius 2 is 2.00 bits per heavy atom. The highest BCUT2D eigenvalue weighted by Crippen LogP contribution is 2.00. The molecule has 0 amide bonds. The normalized spacial score (nSPS) is 10.2. The van der Waals surface area contributed by atoms with Crippen LogP contribution >= 0.6 is 0 Å². The third-order valence-corrected chi connectivity index (χ3v) is 1.10. The average molecular weight is 170 g/mol. The van der Waals surface area contributed by atoms with Gasteiger partial charge in [-0.1, -0.05) is 0 Å². The van der Waals surface area contributed by atoms with Crippen LogP contribution in [0.4, 0.5) is 0 Å². The van der Waals surface area contributed by atoms with Crippen LogP contribution in [0.1, 0.15) is 13.8 Å². The van der Waals surface area contributed by atoms with Crippen LogP contribution in [0.25, 0.3) is 0 Å². The second-order valence-corrected chi connectivity index (χ2v) is 2.62. The Hall–Kier alpha value is -1.52. The molecule has 5 nitrogen and oxygen atoms in total. The first-order valence-corrected chi connectivity index (χ1v) is 3.58. The first-order chi connectivity index (χ1) is 5.58. The molecule has 0 aliphatic rings. The lowest BCUT2D eigenvalue weighted by atomic mass is 10.5. The first-order valence-electron chi connectivity index (χ1n) is 3.58. The van der Waals surface area contributed by atoms with Crippen molar-refractivity contribution in [2.45, 2.75) is 20.0 Å². The molecule has 0 unspecified atom stereocenters. The van der Waals surface area contributed by atoms with Crippen LogP contribution in [-0.2, 0) is 0 Å². The molecule has 66 valence electrons. The zero-order valence-electron chi connectivity index (χ0n) is 6.88. The number of aromatic nitrogens is 2. The fourth-order valence-electron chi connectivity index (χ4n) is 0.764. The summed E-state index contributed by atoms with van der Waals surface area (Å²) in [7, 11) is 0. The molecule has 0 aliphatic carbocycles. The molecule has 0 atom stereocenters. The Labute approximate surface area is 68.4 Å². The largest absolute Gasteiger partial charge is 0.476 e. The number of H-pyrrole nitrogens is 2. The van der Waals surface area contributed by atoms with Crippen molar-refractivity contribution in [2.75, 3.05) is 0 Å². The molecule has 1 aromatic rings. The smallest absolute Gasteiger partial charge is 0.328 e. The summed E-state index contributed by atoms with van der Waals surface area (Å²) in [5.41, 5.74) is -1.02. The molecule has 0 bridgehead atoms. The van der Waals surface area contributed by atoms with Crippen LogP contribution in [-0.4, -0.2) is 16.1 Å². The Balaban J connectivity index is 3.01. The van der Waals surface area contributed by atoms with Crippen molar-refractivity contribution in [3.8, 4) is 5.88 Å². The van der Waals surface area contributed by atoms with Gasteiger partial charge in [-0.3, -0.25) is 14.8 Å². The molecule has 1 rings (SSSR count). The fraction of sp³-hybridized carbons (Fsp3) is 0.429. The van der Waals surface area contributed by atoms with E-state index in [-0.39, 0.29) is 12.0 Å². The lowest BCUT2D eigenvalue weighted by Gasteiger charge is -2.07. The predicted octanol–water partition coefficient (Wildman–Crippen LogP) is -0.150. The minimum absolute atomic E-state index is 0.0672. The van der Waals surface area contributed by atoms with Crippen LogP contribution < -0.4 is 16.0 Å². The molecule has 5 heteroatoms. The summed E-state index contributed by atoms with van der Waals surface area (Å²) in [5, 5.41) is 0. The van der Waals surface area contributed by atoms with Gasteiger partial charge in [0.1, 0.15) is 0 Å². The van der Waals surface area contributed by atoms with Crippen molar-refractivity contribution in [1.82, 2.24) is 9.97 Å². The molecule has 1 heterocycles. The lowest BCUT2D eigenvalue weighted by molar-refractivity contribution is 0.231. The first kappa shape index (κ1) is 8.58. The van der Waals surface area contributed by atoms with Gasteiger partial charge >= 0.3 is 5.69 Å².